The number of halogens is 5. The fourth-order valence-corrected chi connectivity index (χ4v) is 2.75. The van der Waals surface area contributed by atoms with E-state index in [1.54, 1.807) is 26.0 Å². The maximum Gasteiger partial charge on any atom is 0.200 e. The quantitative estimate of drug-likeness (QED) is 0.382. The Morgan fingerprint density at radius 1 is 0.565 bits per heavy atom. The third-order valence-electron chi connectivity index (χ3n) is 3.99. The normalized spacial score (nSPS) is 11.1. The minimum atomic E-state index is -2.13. The summed E-state index contributed by atoms with van der Waals surface area (Å²) >= 11 is 0. The van der Waals surface area contributed by atoms with E-state index in [-0.39, 0.29) is 5.56 Å². The van der Waals surface area contributed by atoms with Gasteiger partial charge < -0.3 is 0 Å². The summed E-state index contributed by atoms with van der Waals surface area (Å²) in [4.78, 5) is 0. The topological polar surface area (TPSA) is 0 Å². The SMILES string of the molecule is CCc1cc(CC)c(-c2c(F)c(F)c(F)c(F)c2F)c(CC)c1. The Kier molecular flexibility index (Phi) is 5.07. The van der Waals surface area contributed by atoms with Crippen molar-refractivity contribution < 1.29 is 22.0 Å². The number of aryl methyl sites for hydroxylation is 3. The lowest BCUT2D eigenvalue weighted by Gasteiger charge is -2.18. The zero-order chi connectivity index (χ0) is 17.3. The van der Waals surface area contributed by atoms with Gasteiger partial charge in [0.1, 0.15) is 0 Å². The maximum atomic E-state index is 14.2. The highest BCUT2D eigenvalue weighted by atomic mass is 19.2. The summed E-state index contributed by atoms with van der Waals surface area (Å²) in [5.74, 6) is -9.53. The van der Waals surface area contributed by atoms with E-state index in [4.69, 9.17) is 0 Å². The van der Waals surface area contributed by atoms with Crippen LogP contribution in [0.2, 0.25) is 0 Å². The van der Waals surface area contributed by atoms with Crippen LogP contribution in [0.25, 0.3) is 11.1 Å². The van der Waals surface area contributed by atoms with Gasteiger partial charge in [-0.2, -0.15) is 0 Å². The molecular formula is C18H17F5. The number of hydrogen-bond acceptors (Lipinski definition) is 0. The molecule has 23 heavy (non-hydrogen) atoms. The molecule has 0 saturated carbocycles. The van der Waals surface area contributed by atoms with E-state index in [9.17, 15) is 22.0 Å². The van der Waals surface area contributed by atoms with Gasteiger partial charge in [-0.1, -0.05) is 32.9 Å². The first-order chi connectivity index (χ1) is 10.9. The van der Waals surface area contributed by atoms with E-state index in [0.717, 1.165) is 12.0 Å². The minimum Gasteiger partial charge on any atom is -0.203 e. The molecule has 0 aliphatic carbocycles. The summed E-state index contributed by atoms with van der Waals surface area (Å²) in [6.07, 6.45) is 1.57. The van der Waals surface area contributed by atoms with Crippen molar-refractivity contribution in [2.24, 2.45) is 0 Å². The zero-order valence-corrected chi connectivity index (χ0v) is 13.2. The van der Waals surface area contributed by atoms with Crippen LogP contribution >= 0.6 is 0 Å². The molecule has 0 radical (unpaired) electrons. The summed E-state index contributed by atoms with van der Waals surface area (Å²) < 4.78 is 68.7. The average molecular weight is 328 g/mol. The highest BCUT2D eigenvalue weighted by Crippen LogP contribution is 2.37. The molecule has 5 heteroatoms. The van der Waals surface area contributed by atoms with Gasteiger partial charge in [0.25, 0.3) is 0 Å². The van der Waals surface area contributed by atoms with E-state index in [1.807, 2.05) is 6.92 Å². The first-order valence-electron chi connectivity index (χ1n) is 7.53. The van der Waals surface area contributed by atoms with Crippen LogP contribution < -0.4 is 0 Å². The largest absolute Gasteiger partial charge is 0.203 e. The first-order valence-corrected chi connectivity index (χ1v) is 7.53. The molecule has 124 valence electrons. The van der Waals surface area contributed by atoms with E-state index in [0.29, 0.717) is 24.0 Å². The second-order valence-corrected chi connectivity index (χ2v) is 5.29. The Labute approximate surface area is 132 Å². The number of hydrogen-bond donors (Lipinski definition) is 0. The van der Waals surface area contributed by atoms with Crippen LogP contribution in [0.15, 0.2) is 12.1 Å². The van der Waals surface area contributed by atoms with Gasteiger partial charge in [-0.15, -0.1) is 0 Å². The van der Waals surface area contributed by atoms with Gasteiger partial charge in [0.2, 0.25) is 5.82 Å². The summed E-state index contributed by atoms with van der Waals surface area (Å²) in [6, 6.07) is 3.51. The van der Waals surface area contributed by atoms with E-state index < -0.39 is 34.6 Å². The van der Waals surface area contributed by atoms with Crippen molar-refractivity contribution in [2.75, 3.05) is 0 Å². The fraction of sp³-hybridized carbons (Fsp3) is 0.333. The van der Waals surface area contributed by atoms with Gasteiger partial charge in [0.05, 0.1) is 5.56 Å². The van der Waals surface area contributed by atoms with Crippen molar-refractivity contribution in [3.63, 3.8) is 0 Å². The molecule has 0 fully saturated rings. The lowest BCUT2D eigenvalue weighted by Crippen LogP contribution is -2.07. The van der Waals surface area contributed by atoms with Crippen LogP contribution in [-0.2, 0) is 19.3 Å². The lowest BCUT2D eigenvalue weighted by atomic mass is 9.88. The molecule has 0 amide bonds. The molecule has 0 N–H and O–H groups in total. The van der Waals surface area contributed by atoms with Crippen LogP contribution in [0.4, 0.5) is 22.0 Å². The zero-order valence-electron chi connectivity index (χ0n) is 13.2. The van der Waals surface area contributed by atoms with Crippen LogP contribution in [0.3, 0.4) is 0 Å². The summed E-state index contributed by atoms with van der Waals surface area (Å²) in [5, 5.41) is 0. The van der Waals surface area contributed by atoms with Crippen molar-refractivity contribution in [1.29, 1.82) is 0 Å². The molecule has 0 spiro atoms. The van der Waals surface area contributed by atoms with Gasteiger partial charge in [-0.05, 0) is 41.5 Å². The van der Waals surface area contributed by atoms with Crippen LogP contribution in [0, 0.1) is 29.1 Å². The molecule has 2 aromatic carbocycles. The predicted octanol–water partition coefficient (Wildman–Crippen LogP) is 5.74. The fourth-order valence-electron chi connectivity index (χ4n) is 2.75. The molecule has 0 bridgehead atoms. The Morgan fingerprint density at radius 2 is 0.957 bits per heavy atom. The number of rotatable bonds is 4. The molecule has 0 nitrogen and oxygen atoms in total. The minimum absolute atomic E-state index is 0.111. The lowest BCUT2D eigenvalue weighted by molar-refractivity contribution is 0.381. The van der Waals surface area contributed by atoms with Crippen LogP contribution in [0.5, 0.6) is 0 Å². The molecule has 0 atom stereocenters. The van der Waals surface area contributed by atoms with Crippen molar-refractivity contribution in [1.82, 2.24) is 0 Å². The standard InChI is InChI=1S/C18H17F5/c1-4-9-7-10(5-2)12(11(6-3)8-9)13-14(19)16(21)18(23)17(22)15(13)20/h7-8H,4-6H2,1-3H3. The van der Waals surface area contributed by atoms with E-state index >= 15 is 0 Å². The predicted molar refractivity (Wildman–Crippen MR) is 79.8 cm³/mol. The van der Waals surface area contributed by atoms with Gasteiger partial charge in [0, 0.05) is 0 Å². The second kappa shape index (κ2) is 6.69. The summed E-state index contributed by atoms with van der Waals surface area (Å²) in [7, 11) is 0. The molecule has 0 aromatic heterocycles. The third-order valence-corrected chi connectivity index (χ3v) is 3.99. The molecule has 0 saturated heterocycles. The monoisotopic (exact) mass is 328 g/mol. The van der Waals surface area contributed by atoms with Gasteiger partial charge in [-0.25, -0.2) is 22.0 Å². The van der Waals surface area contributed by atoms with Crippen molar-refractivity contribution >= 4 is 0 Å². The Hall–Kier alpha value is -1.91. The Bertz CT molecular complexity index is 696. The Morgan fingerprint density at radius 3 is 1.30 bits per heavy atom. The van der Waals surface area contributed by atoms with E-state index in [2.05, 4.69) is 0 Å². The molecule has 2 rings (SSSR count). The van der Waals surface area contributed by atoms with Gasteiger partial charge in [0.15, 0.2) is 23.3 Å². The highest BCUT2D eigenvalue weighted by Gasteiger charge is 2.28. The van der Waals surface area contributed by atoms with Crippen LogP contribution in [0.1, 0.15) is 37.5 Å². The Balaban J connectivity index is 2.92. The van der Waals surface area contributed by atoms with Crippen molar-refractivity contribution in [3.8, 4) is 11.1 Å². The molecular weight excluding hydrogens is 311 g/mol. The molecule has 2 aromatic rings. The van der Waals surface area contributed by atoms with Crippen molar-refractivity contribution in [2.45, 2.75) is 40.0 Å². The molecule has 0 heterocycles. The highest BCUT2D eigenvalue weighted by molar-refractivity contribution is 5.73. The van der Waals surface area contributed by atoms with E-state index in [1.165, 1.54) is 0 Å². The molecule has 0 aliphatic heterocycles. The second-order valence-electron chi connectivity index (χ2n) is 5.29. The molecule has 0 unspecified atom stereocenters. The first kappa shape index (κ1) is 17.4. The summed E-state index contributed by atoms with van der Waals surface area (Å²) in [5.41, 5.74) is 1.39. The molecule has 0 aliphatic rings. The summed E-state index contributed by atoms with van der Waals surface area (Å²) in [6.45, 7) is 5.50. The maximum absolute atomic E-state index is 14.2. The van der Waals surface area contributed by atoms with Crippen LogP contribution in [-0.4, -0.2) is 0 Å². The van der Waals surface area contributed by atoms with Gasteiger partial charge in [-0.3, -0.25) is 0 Å². The average Bonchev–Trinajstić information content (AvgIpc) is 2.58. The smallest absolute Gasteiger partial charge is 0.200 e. The van der Waals surface area contributed by atoms with Crippen molar-refractivity contribution in [3.05, 3.63) is 57.9 Å². The van der Waals surface area contributed by atoms with Gasteiger partial charge >= 0.3 is 0 Å². The third kappa shape index (κ3) is 2.84. The number of benzene rings is 2.